The summed E-state index contributed by atoms with van der Waals surface area (Å²) in [5, 5.41) is 12.6. The number of rotatable bonds is 2. The van der Waals surface area contributed by atoms with Gasteiger partial charge in [0.2, 0.25) is 5.88 Å². The molecule has 5 nitrogen and oxygen atoms in total. The van der Waals surface area contributed by atoms with Gasteiger partial charge in [-0.15, -0.1) is 0 Å². The van der Waals surface area contributed by atoms with Crippen LogP contribution in [0.5, 0.6) is 11.6 Å². The van der Waals surface area contributed by atoms with Crippen LogP contribution in [0.3, 0.4) is 0 Å². The number of aryl methyl sites for hydroxylation is 1. The topological polar surface area (TPSA) is 63.7 Å². The Morgan fingerprint density at radius 1 is 1.53 bits per heavy atom. The van der Waals surface area contributed by atoms with Crippen LogP contribution in [0.15, 0.2) is 30.7 Å². The van der Waals surface area contributed by atoms with Gasteiger partial charge in [-0.05, 0) is 6.07 Å². The number of nitriles is 1. The van der Waals surface area contributed by atoms with E-state index in [1.807, 2.05) is 6.07 Å². The highest BCUT2D eigenvalue weighted by Crippen LogP contribution is 2.18. The summed E-state index contributed by atoms with van der Waals surface area (Å²) in [6, 6.07) is 5.22. The smallest absolute Gasteiger partial charge is 0.220 e. The minimum absolute atomic E-state index is 0.391. The van der Waals surface area contributed by atoms with Crippen LogP contribution in [-0.4, -0.2) is 14.8 Å². The van der Waals surface area contributed by atoms with Crippen molar-refractivity contribution in [2.24, 2.45) is 7.05 Å². The molecule has 2 aromatic heterocycles. The first-order valence-electron chi connectivity index (χ1n) is 4.30. The molecule has 74 valence electrons. The molecule has 0 N–H and O–H groups in total. The molecule has 0 saturated heterocycles. The van der Waals surface area contributed by atoms with Gasteiger partial charge in [0, 0.05) is 19.3 Å². The number of hydrogen-bond acceptors (Lipinski definition) is 4. The van der Waals surface area contributed by atoms with E-state index in [4.69, 9.17) is 10.00 Å². The second kappa shape index (κ2) is 3.80. The molecule has 2 rings (SSSR count). The van der Waals surface area contributed by atoms with E-state index in [0.29, 0.717) is 17.2 Å². The molecule has 0 aromatic carbocycles. The molecular formula is C10H8N4O. The maximum absolute atomic E-state index is 8.68. The average Bonchev–Trinajstić information content (AvgIpc) is 2.64. The number of ether oxygens (including phenoxy) is 1. The van der Waals surface area contributed by atoms with Crippen molar-refractivity contribution >= 4 is 0 Å². The molecule has 0 amide bonds. The summed E-state index contributed by atoms with van der Waals surface area (Å²) >= 11 is 0. The van der Waals surface area contributed by atoms with Gasteiger partial charge in [0.05, 0.1) is 24.0 Å². The molecule has 0 fully saturated rings. The minimum Gasteiger partial charge on any atom is -0.436 e. The molecule has 0 bridgehead atoms. The predicted molar refractivity (Wildman–Crippen MR) is 52.2 cm³/mol. The zero-order chi connectivity index (χ0) is 10.7. The van der Waals surface area contributed by atoms with E-state index >= 15 is 0 Å². The molecule has 2 heterocycles. The van der Waals surface area contributed by atoms with Crippen LogP contribution < -0.4 is 4.74 Å². The molecule has 0 spiro atoms. The third-order valence-electron chi connectivity index (χ3n) is 1.77. The highest BCUT2D eigenvalue weighted by Gasteiger charge is 2.01. The Kier molecular flexibility index (Phi) is 2.33. The van der Waals surface area contributed by atoms with Crippen molar-refractivity contribution < 1.29 is 4.74 Å². The molecule has 15 heavy (non-hydrogen) atoms. The first-order chi connectivity index (χ1) is 7.28. The second-order valence-corrected chi connectivity index (χ2v) is 2.95. The summed E-state index contributed by atoms with van der Waals surface area (Å²) in [5.41, 5.74) is 0.517. The molecule has 0 unspecified atom stereocenters. The summed E-state index contributed by atoms with van der Waals surface area (Å²) in [5.74, 6) is 0.988. The van der Waals surface area contributed by atoms with E-state index in [-0.39, 0.29) is 0 Å². The van der Waals surface area contributed by atoms with Gasteiger partial charge < -0.3 is 4.74 Å². The summed E-state index contributed by atoms with van der Waals surface area (Å²) in [6.07, 6.45) is 4.84. The van der Waals surface area contributed by atoms with Gasteiger partial charge in [-0.1, -0.05) is 0 Å². The lowest BCUT2D eigenvalue weighted by molar-refractivity contribution is 0.462. The lowest BCUT2D eigenvalue weighted by Crippen LogP contribution is -1.87. The first kappa shape index (κ1) is 9.21. The van der Waals surface area contributed by atoms with E-state index in [2.05, 4.69) is 10.1 Å². The van der Waals surface area contributed by atoms with Gasteiger partial charge in [0.25, 0.3) is 0 Å². The standard InChI is InChI=1S/C10H8N4O/c1-14-7-9(6-13-14)15-10-4-8(5-11)2-3-12-10/h2-4,6-7H,1H3. The molecule has 0 aliphatic carbocycles. The van der Waals surface area contributed by atoms with E-state index in [1.54, 1.807) is 36.3 Å². The fraction of sp³-hybridized carbons (Fsp3) is 0.100. The van der Waals surface area contributed by atoms with Crippen molar-refractivity contribution in [1.29, 1.82) is 5.26 Å². The fourth-order valence-corrected chi connectivity index (χ4v) is 1.11. The highest BCUT2D eigenvalue weighted by atomic mass is 16.5. The number of nitrogens with zero attached hydrogens (tertiary/aromatic N) is 4. The van der Waals surface area contributed by atoms with Crippen molar-refractivity contribution in [1.82, 2.24) is 14.8 Å². The van der Waals surface area contributed by atoms with Crippen molar-refractivity contribution in [3.05, 3.63) is 36.3 Å². The molecule has 5 heteroatoms. The number of aromatic nitrogens is 3. The minimum atomic E-state index is 0.391. The maximum Gasteiger partial charge on any atom is 0.220 e. The van der Waals surface area contributed by atoms with E-state index in [9.17, 15) is 0 Å². The monoisotopic (exact) mass is 200 g/mol. The third kappa shape index (κ3) is 2.11. The van der Waals surface area contributed by atoms with Crippen LogP contribution in [0.4, 0.5) is 0 Å². The van der Waals surface area contributed by atoms with E-state index < -0.39 is 0 Å². The van der Waals surface area contributed by atoms with Gasteiger partial charge in [0.1, 0.15) is 0 Å². The molecule has 2 aromatic rings. The van der Waals surface area contributed by atoms with Gasteiger partial charge in [0.15, 0.2) is 5.75 Å². The Balaban J connectivity index is 2.21. The molecule has 0 radical (unpaired) electrons. The van der Waals surface area contributed by atoms with E-state index in [0.717, 1.165) is 0 Å². The lowest BCUT2D eigenvalue weighted by atomic mass is 10.3. The van der Waals surface area contributed by atoms with E-state index in [1.165, 1.54) is 6.20 Å². The summed E-state index contributed by atoms with van der Waals surface area (Å²) in [7, 11) is 1.80. The average molecular weight is 200 g/mol. The quantitative estimate of drug-likeness (QED) is 0.736. The lowest BCUT2D eigenvalue weighted by Gasteiger charge is -2.00. The summed E-state index contributed by atoms with van der Waals surface area (Å²) in [6.45, 7) is 0. The highest BCUT2D eigenvalue weighted by molar-refractivity contribution is 5.33. The maximum atomic E-state index is 8.68. The third-order valence-corrected chi connectivity index (χ3v) is 1.77. The zero-order valence-electron chi connectivity index (χ0n) is 8.08. The second-order valence-electron chi connectivity index (χ2n) is 2.95. The molecule has 0 aliphatic rings. The van der Waals surface area contributed by atoms with Gasteiger partial charge in [-0.3, -0.25) is 4.68 Å². The van der Waals surface area contributed by atoms with Gasteiger partial charge in [-0.2, -0.15) is 10.4 Å². The fourth-order valence-electron chi connectivity index (χ4n) is 1.11. The van der Waals surface area contributed by atoms with Crippen molar-refractivity contribution in [2.75, 3.05) is 0 Å². The predicted octanol–water partition coefficient (Wildman–Crippen LogP) is 1.48. The molecule has 0 saturated carbocycles. The Morgan fingerprint density at radius 2 is 2.40 bits per heavy atom. The SMILES string of the molecule is Cn1cc(Oc2cc(C#N)ccn2)cn1. The number of pyridine rings is 1. The molecule has 0 atom stereocenters. The Morgan fingerprint density at radius 3 is 3.07 bits per heavy atom. The van der Waals surface area contributed by atoms with Crippen molar-refractivity contribution in [3.63, 3.8) is 0 Å². The summed E-state index contributed by atoms with van der Waals surface area (Å²) < 4.78 is 7.02. The zero-order valence-corrected chi connectivity index (χ0v) is 8.08. The van der Waals surface area contributed by atoms with Crippen molar-refractivity contribution in [3.8, 4) is 17.7 Å². The number of hydrogen-bond donors (Lipinski definition) is 0. The van der Waals surface area contributed by atoms with Crippen LogP contribution in [0.25, 0.3) is 0 Å². The van der Waals surface area contributed by atoms with Crippen LogP contribution in [0, 0.1) is 11.3 Å². The Bertz CT molecular complexity index is 512. The Hall–Kier alpha value is -2.35. The van der Waals surface area contributed by atoms with Gasteiger partial charge in [-0.25, -0.2) is 4.98 Å². The van der Waals surface area contributed by atoms with Crippen LogP contribution in [-0.2, 0) is 7.05 Å². The normalized spacial score (nSPS) is 9.60. The van der Waals surface area contributed by atoms with Crippen molar-refractivity contribution in [2.45, 2.75) is 0 Å². The molecular weight excluding hydrogens is 192 g/mol. The Labute approximate surface area is 86.6 Å². The molecule has 0 aliphatic heterocycles. The summed E-state index contributed by atoms with van der Waals surface area (Å²) in [4.78, 5) is 3.98. The van der Waals surface area contributed by atoms with Crippen LogP contribution in [0.1, 0.15) is 5.56 Å². The van der Waals surface area contributed by atoms with Crippen LogP contribution in [0.2, 0.25) is 0 Å². The van der Waals surface area contributed by atoms with Crippen LogP contribution >= 0.6 is 0 Å². The first-order valence-corrected chi connectivity index (χ1v) is 4.30. The van der Waals surface area contributed by atoms with Gasteiger partial charge >= 0.3 is 0 Å². The largest absolute Gasteiger partial charge is 0.436 e.